The number of para-hydroxylation sites is 1. The minimum absolute atomic E-state index is 0.0212. The normalized spacial score (nSPS) is 10.8. The first-order chi connectivity index (χ1) is 9.60. The van der Waals surface area contributed by atoms with Crippen LogP contribution < -0.4 is 5.32 Å². The van der Waals surface area contributed by atoms with E-state index in [-0.39, 0.29) is 5.91 Å². The minimum atomic E-state index is -0.0212. The molecule has 0 aliphatic rings. The Bertz CT molecular complexity index is 593. The van der Waals surface area contributed by atoms with Crippen molar-refractivity contribution in [2.45, 2.75) is 31.1 Å². The van der Waals surface area contributed by atoms with Crippen molar-refractivity contribution in [1.82, 2.24) is 4.98 Å². The summed E-state index contributed by atoms with van der Waals surface area (Å²) in [6.07, 6.45) is 2.33. The fourth-order valence-corrected chi connectivity index (χ4v) is 3.16. The third kappa shape index (κ3) is 3.84. The zero-order valence-electron chi connectivity index (χ0n) is 11.8. The minimum Gasteiger partial charge on any atom is -0.325 e. The fourth-order valence-electron chi connectivity index (χ4n) is 1.78. The predicted molar refractivity (Wildman–Crippen MR) is 86.8 cm³/mol. The highest BCUT2D eigenvalue weighted by Gasteiger charge is 2.11. The molecule has 1 aromatic heterocycles. The summed E-state index contributed by atoms with van der Waals surface area (Å²) < 4.78 is 0. The highest BCUT2D eigenvalue weighted by molar-refractivity contribution is 7.98. The Morgan fingerprint density at radius 3 is 2.80 bits per heavy atom. The maximum atomic E-state index is 12.1. The Morgan fingerprint density at radius 1 is 1.40 bits per heavy atom. The van der Waals surface area contributed by atoms with Crippen LogP contribution in [0.2, 0.25) is 0 Å². The molecule has 0 bridgehead atoms. The number of rotatable bonds is 5. The molecule has 0 atom stereocenters. The summed E-state index contributed by atoms with van der Waals surface area (Å²) in [4.78, 5) is 17.6. The molecule has 0 fully saturated rings. The average molecular weight is 306 g/mol. The number of hydrogen-bond acceptors (Lipinski definition) is 4. The Hall–Kier alpha value is -1.33. The van der Waals surface area contributed by atoms with Gasteiger partial charge in [-0.2, -0.15) is 0 Å². The summed E-state index contributed by atoms with van der Waals surface area (Å²) in [5.74, 6) is 0.390. The molecule has 3 nitrogen and oxygen atoms in total. The van der Waals surface area contributed by atoms with Gasteiger partial charge in [-0.3, -0.25) is 4.79 Å². The van der Waals surface area contributed by atoms with Crippen LogP contribution >= 0.6 is 23.1 Å². The number of nitrogens with zero attached hydrogens (tertiary/aromatic N) is 1. The fraction of sp³-hybridized carbons (Fsp3) is 0.333. The maximum absolute atomic E-state index is 12.1. The summed E-state index contributed by atoms with van der Waals surface area (Å²) in [7, 11) is 0. The van der Waals surface area contributed by atoms with Gasteiger partial charge in [-0.05, 0) is 18.4 Å². The molecule has 20 heavy (non-hydrogen) atoms. The van der Waals surface area contributed by atoms with Crippen LogP contribution in [0.5, 0.6) is 0 Å². The summed E-state index contributed by atoms with van der Waals surface area (Å²) in [6.45, 7) is 4.22. The average Bonchev–Trinajstić information content (AvgIpc) is 2.88. The molecular weight excluding hydrogens is 288 g/mol. The molecule has 2 rings (SSSR count). The summed E-state index contributed by atoms with van der Waals surface area (Å²) in [6, 6.07) is 7.82. The van der Waals surface area contributed by atoms with Gasteiger partial charge >= 0.3 is 0 Å². The number of thioether (sulfide) groups is 1. The molecule has 0 spiro atoms. The summed E-state index contributed by atoms with van der Waals surface area (Å²) in [5, 5.41) is 6.00. The third-order valence-electron chi connectivity index (χ3n) is 2.79. The zero-order chi connectivity index (χ0) is 14.5. The molecule has 0 saturated heterocycles. The molecule has 1 N–H and O–H groups in total. The van der Waals surface area contributed by atoms with Crippen molar-refractivity contribution in [2.75, 3.05) is 11.6 Å². The Labute approximate surface area is 127 Å². The van der Waals surface area contributed by atoms with Gasteiger partial charge in [0.25, 0.3) is 0 Å². The van der Waals surface area contributed by atoms with E-state index in [1.165, 1.54) is 0 Å². The van der Waals surface area contributed by atoms with Crippen LogP contribution in [0.3, 0.4) is 0 Å². The summed E-state index contributed by atoms with van der Waals surface area (Å²) in [5.41, 5.74) is 1.71. The molecule has 0 aliphatic carbocycles. The topological polar surface area (TPSA) is 42.0 Å². The lowest BCUT2D eigenvalue weighted by Gasteiger charge is -2.08. The van der Waals surface area contributed by atoms with E-state index in [2.05, 4.69) is 24.1 Å². The number of nitrogens with one attached hydrogen (secondary N) is 1. The van der Waals surface area contributed by atoms with Crippen LogP contribution in [0, 0.1) is 0 Å². The van der Waals surface area contributed by atoms with E-state index in [0.717, 1.165) is 21.3 Å². The first kappa shape index (κ1) is 15.1. The largest absolute Gasteiger partial charge is 0.325 e. The van der Waals surface area contributed by atoms with Crippen molar-refractivity contribution < 1.29 is 4.79 Å². The van der Waals surface area contributed by atoms with Crippen LogP contribution in [0.1, 0.15) is 30.5 Å². The van der Waals surface area contributed by atoms with Crippen molar-refractivity contribution in [3.63, 3.8) is 0 Å². The molecule has 0 radical (unpaired) electrons. The van der Waals surface area contributed by atoms with E-state index in [0.29, 0.717) is 12.3 Å². The number of aromatic nitrogens is 1. The van der Waals surface area contributed by atoms with E-state index < -0.39 is 0 Å². The number of thiazole rings is 1. The van der Waals surface area contributed by atoms with Crippen molar-refractivity contribution in [2.24, 2.45) is 0 Å². The lowest BCUT2D eigenvalue weighted by atomic mass is 10.2. The molecule has 2 aromatic rings. The monoisotopic (exact) mass is 306 g/mol. The van der Waals surface area contributed by atoms with Gasteiger partial charge in [0.15, 0.2) is 0 Å². The van der Waals surface area contributed by atoms with Gasteiger partial charge in [0.1, 0.15) is 0 Å². The molecule has 0 saturated carbocycles. The van der Waals surface area contributed by atoms with E-state index in [1.807, 2.05) is 35.9 Å². The van der Waals surface area contributed by atoms with E-state index >= 15 is 0 Å². The lowest BCUT2D eigenvalue weighted by molar-refractivity contribution is -0.115. The number of carbonyl (C=O) groups excluding carboxylic acids is 1. The Balaban J connectivity index is 2.01. The molecule has 1 heterocycles. The Kier molecular flexibility index (Phi) is 5.20. The van der Waals surface area contributed by atoms with Gasteiger partial charge in [-0.1, -0.05) is 26.0 Å². The highest BCUT2D eigenvalue weighted by atomic mass is 32.2. The van der Waals surface area contributed by atoms with Crippen molar-refractivity contribution >= 4 is 34.7 Å². The van der Waals surface area contributed by atoms with Crippen LogP contribution in [0.15, 0.2) is 34.5 Å². The number of benzene rings is 1. The van der Waals surface area contributed by atoms with Gasteiger partial charge in [0.2, 0.25) is 5.91 Å². The molecule has 1 aromatic carbocycles. The van der Waals surface area contributed by atoms with E-state index in [9.17, 15) is 4.79 Å². The van der Waals surface area contributed by atoms with Crippen LogP contribution in [0.4, 0.5) is 5.69 Å². The standard InChI is InChI=1S/C15H18N2OS2/c1-10(2)15-16-11(9-20-15)8-14(18)17-12-6-4-5-7-13(12)19-3/h4-7,9-10H,8H2,1-3H3,(H,17,18). The van der Waals surface area contributed by atoms with Gasteiger partial charge in [0, 0.05) is 16.2 Å². The van der Waals surface area contributed by atoms with Crippen LogP contribution in [-0.4, -0.2) is 17.1 Å². The maximum Gasteiger partial charge on any atom is 0.230 e. The molecule has 5 heteroatoms. The van der Waals surface area contributed by atoms with Crippen molar-refractivity contribution in [3.05, 3.63) is 40.3 Å². The SMILES string of the molecule is CSc1ccccc1NC(=O)Cc1csc(C(C)C)n1. The van der Waals surface area contributed by atoms with Crippen molar-refractivity contribution in [1.29, 1.82) is 0 Å². The molecule has 1 amide bonds. The van der Waals surface area contributed by atoms with Crippen LogP contribution in [0.25, 0.3) is 0 Å². The molecule has 106 valence electrons. The van der Waals surface area contributed by atoms with Gasteiger partial charge in [-0.15, -0.1) is 23.1 Å². The second-order valence-electron chi connectivity index (χ2n) is 4.76. The smallest absolute Gasteiger partial charge is 0.230 e. The highest BCUT2D eigenvalue weighted by Crippen LogP contribution is 2.25. The number of anilines is 1. The third-order valence-corrected chi connectivity index (χ3v) is 4.78. The summed E-state index contributed by atoms with van der Waals surface area (Å²) >= 11 is 3.24. The number of amides is 1. The Morgan fingerprint density at radius 2 is 2.15 bits per heavy atom. The van der Waals surface area contributed by atoms with Gasteiger partial charge in [-0.25, -0.2) is 4.98 Å². The quantitative estimate of drug-likeness (QED) is 0.843. The van der Waals surface area contributed by atoms with E-state index in [1.54, 1.807) is 23.1 Å². The molecular formula is C15H18N2OS2. The molecule has 0 aliphatic heterocycles. The zero-order valence-corrected chi connectivity index (χ0v) is 13.5. The van der Waals surface area contributed by atoms with Crippen molar-refractivity contribution in [3.8, 4) is 0 Å². The van der Waals surface area contributed by atoms with Gasteiger partial charge in [0.05, 0.1) is 22.8 Å². The first-order valence-electron chi connectivity index (χ1n) is 6.47. The number of hydrogen-bond donors (Lipinski definition) is 1. The lowest BCUT2D eigenvalue weighted by Crippen LogP contribution is -2.15. The molecule has 0 unspecified atom stereocenters. The number of carbonyl (C=O) groups is 1. The van der Waals surface area contributed by atoms with E-state index in [4.69, 9.17) is 0 Å². The predicted octanol–water partition coefficient (Wildman–Crippen LogP) is 4.17. The first-order valence-corrected chi connectivity index (χ1v) is 8.57. The van der Waals surface area contributed by atoms with Gasteiger partial charge < -0.3 is 5.32 Å². The second kappa shape index (κ2) is 6.90. The second-order valence-corrected chi connectivity index (χ2v) is 6.49. The van der Waals surface area contributed by atoms with Crippen LogP contribution in [-0.2, 0) is 11.2 Å².